The van der Waals surface area contributed by atoms with E-state index in [1.165, 1.54) is 48.5 Å². The molecule has 182 valence electrons. The highest BCUT2D eigenvalue weighted by Gasteiger charge is 2.11. The number of nitrogens with zero attached hydrogens (tertiary/aromatic N) is 5. The average molecular weight is 489 g/mol. The fourth-order valence-corrected chi connectivity index (χ4v) is 2.82. The molecule has 3 aromatic rings. The summed E-state index contributed by atoms with van der Waals surface area (Å²) in [7, 11) is 0. The number of nitro groups is 2. The van der Waals surface area contributed by atoms with E-state index in [0.717, 1.165) is 0 Å². The number of carbonyl (C=O) groups excluding carboxylic acids is 2. The molecule has 0 spiro atoms. The van der Waals surface area contributed by atoms with Gasteiger partial charge in [0, 0.05) is 35.4 Å². The van der Waals surface area contributed by atoms with Crippen molar-refractivity contribution in [2.45, 2.75) is 13.8 Å². The molecule has 0 aliphatic carbocycles. The number of pyridine rings is 1. The van der Waals surface area contributed by atoms with Gasteiger partial charge in [0.1, 0.15) is 0 Å². The minimum atomic E-state index is -0.560. The third-order valence-corrected chi connectivity index (χ3v) is 4.82. The zero-order chi connectivity index (χ0) is 26.2. The Hall–Kier alpha value is -5.33. The molecule has 1 heterocycles. The molecule has 0 saturated carbocycles. The normalized spacial score (nSPS) is 11.5. The van der Waals surface area contributed by atoms with Gasteiger partial charge in [0.05, 0.1) is 32.7 Å². The van der Waals surface area contributed by atoms with E-state index in [1.807, 2.05) is 0 Å². The number of nitrogens with one attached hydrogen (secondary N) is 2. The Balaban J connectivity index is 1.66. The lowest BCUT2D eigenvalue weighted by atomic mass is 10.2. The lowest BCUT2D eigenvalue weighted by molar-refractivity contribution is -0.385. The molecule has 2 aromatic carbocycles. The molecule has 0 radical (unpaired) electrons. The maximum absolute atomic E-state index is 12.3. The summed E-state index contributed by atoms with van der Waals surface area (Å²) in [6.45, 7) is 3.26. The molecule has 2 N–H and O–H groups in total. The number of amides is 2. The van der Waals surface area contributed by atoms with Gasteiger partial charge in [-0.25, -0.2) is 15.8 Å². The van der Waals surface area contributed by atoms with Crippen LogP contribution in [-0.2, 0) is 0 Å². The summed E-state index contributed by atoms with van der Waals surface area (Å²) in [5.74, 6) is -1.10. The first-order valence-electron chi connectivity index (χ1n) is 10.3. The van der Waals surface area contributed by atoms with Gasteiger partial charge in [-0.15, -0.1) is 0 Å². The maximum atomic E-state index is 12.3. The van der Waals surface area contributed by atoms with E-state index in [9.17, 15) is 29.8 Å². The Morgan fingerprint density at radius 1 is 0.694 bits per heavy atom. The standard InChI is InChI=1S/C23H19N7O6/c1-14(25-27-22(31)16-6-10-18(11-7-16)29(33)34)20-4-3-5-21(24-20)15(2)26-28-23(32)17-8-12-19(13-9-17)30(35)36/h3-13H,1-2H3,(H,27,31)(H,28,32)/b25-14+,26-15+. The minimum absolute atomic E-state index is 0.131. The molecule has 2 amide bonds. The quantitative estimate of drug-likeness (QED) is 0.276. The van der Waals surface area contributed by atoms with Gasteiger partial charge >= 0.3 is 0 Å². The second kappa shape index (κ2) is 11.2. The predicted molar refractivity (Wildman–Crippen MR) is 130 cm³/mol. The van der Waals surface area contributed by atoms with Crippen LogP contribution < -0.4 is 10.9 Å². The topological polar surface area (TPSA) is 182 Å². The van der Waals surface area contributed by atoms with E-state index in [-0.39, 0.29) is 22.5 Å². The first-order valence-corrected chi connectivity index (χ1v) is 10.3. The molecule has 0 atom stereocenters. The van der Waals surface area contributed by atoms with Crippen LogP contribution in [0.1, 0.15) is 46.0 Å². The number of hydrazone groups is 2. The van der Waals surface area contributed by atoms with Crippen molar-refractivity contribution in [1.82, 2.24) is 15.8 Å². The molecule has 0 aliphatic heterocycles. The second-order valence-corrected chi connectivity index (χ2v) is 7.29. The lowest BCUT2D eigenvalue weighted by Gasteiger charge is -2.06. The second-order valence-electron chi connectivity index (χ2n) is 7.29. The largest absolute Gasteiger partial charge is 0.271 e. The Morgan fingerprint density at radius 2 is 1.06 bits per heavy atom. The van der Waals surface area contributed by atoms with Crippen molar-refractivity contribution in [2.75, 3.05) is 0 Å². The van der Waals surface area contributed by atoms with Crippen molar-refractivity contribution >= 4 is 34.6 Å². The molecule has 0 bridgehead atoms. The van der Waals surface area contributed by atoms with E-state index >= 15 is 0 Å². The minimum Gasteiger partial charge on any atom is -0.267 e. The van der Waals surface area contributed by atoms with Gasteiger partial charge in [-0.1, -0.05) is 6.07 Å². The van der Waals surface area contributed by atoms with Crippen molar-refractivity contribution in [3.63, 3.8) is 0 Å². The number of non-ortho nitro benzene ring substituents is 2. The lowest BCUT2D eigenvalue weighted by Crippen LogP contribution is -2.20. The van der Waals surface area contributed by atoms with Crippen molar-refractivity contribution in [1.29, 1.82) is 0 Å². The highest BCUT2D eigenvalue weighted by atomic mass is 16.6. The van der Waals surface area contributed by atoms with Gasteiger partial charge in [-0.2, -0.15) is 10.2 Å². The summed E-state index contributed by atoms with van der Waals surface area (Å²) < 4.78 is 0. The Morgan fingerprint density at radius 3 is 1.39 bits per heavy atom. The molecule has 0 aliphatic rings. The van der Waals surface area contributed by atoms with Crippen LogP contribution in [0.2, 0.25) is 0 Å². The van der Waals surface area contributed by atoms with Crippen molar-refractivity contribution < 1.29 is 19.4 Å². The number of nitro benzene ring substituents is 2. The van der Waals surface area contributed by atoms with Crippen LogP contribution in [0.3, 0.4) is 0 Å². The van der Waals surface area contributed by atoms with Gasteiger partial charge < -0.3 is 0 Å². The third kappa shape index (κ3) is 6.38. The van der Waals surface area contributed by atoms with Crippen LogP contribution in [0.15, 0.2) is 76.9 Å². The third-order valence-electron chi connectivity index (χ3n) is 4.82. The molecule has 36 heavy (non-hydrogen) atoms. The van der Waals surface area contributed by atoms with Gasteiger partial charge in [0.15, 0.2) is 0 Å². The summed E-state index contributed by atoms with van der Waals surface area (Å²) in [4.78, 5) is 49.3. The molecule has 13 heteroatoms. The van der Waals surface area contributed by atoms with Crippen LogP contribution in [0.25, 0.3) is 0 Å². The van der Waals surface area contributed by atoms with Crippen molar-refractivity contribution in [2.24, 2.45) is 10.2 Å². The van der Waals surface area contributed by atoms with Gasteiger partial charge in [0.2, 0.25) is 0 Å². The highest BCUT2D eigenvalue weighted by molar-refractivity contribution is 6.02. The molecule has 3 rings (SSSR count). The average Bonchev–Trinajstić information content (AvgIpc) is 2.90. The SMILES string of the molecule is C/C(=N\NC(=O)c1ccc([N+](=O)[O-])cc1)c1cccc(/C(C)=N/NC(=O)c2ccc([N+](=O)[O-])cc2)n1. The Kier molecular flexibility index (Phi) is 7.87. The van der Waals surface area contributed by atoms with Gasteiger partial charge in [-0.3, -0.25) is 29.8 Å². The van der Waals surface area contributed by atoms with Gasteiger partial charge in [-0.05, 0) is 50.2 Å². The first-order chi connectivity index (χ1) is 17.2. The first kappa shape index (κ1) is 25.3. The van der Waals surface area contributed by atoms with E-state index in [1.54, 1.807) is 32.0 Å². The van der Waals surface area contributed by atoms with Crippen LogP contribution >= 0.6 is 0 Å². The van der Waals surface area contributed by atoms with Crippen molar-refractivity contribution in [3.8, 4) is 0 Å². The van der Waals surface area contributed by atoms with E-state index < -0.39 is 21.7 Å². The summed E-state index contributed by atoms with van der Waals surface area (Å²) in [6.07, 6.45) is 0. The molecule has 0 saturated heterocycles. The van der Waals surface area contributed by atoms with Crippen LogP contribution in [0.4, 0.5) is 11.4 Å². The summed E-state index contributed by atoms with van der Waals surface area (Å²) in [5.41, 5.74) is 6.53. The number of rotatable bonds is 8. The maximum Gasteiger partial charge on any atom is 0.271 e. The smallest absolute Gasteiger partial charge is 0.267 e. The Bertz CT molecular complexity index is 1280. The van der Waals surface area contributed by atoms with Gasteiger partial charge in [0.25, 0.3) is 23.2 Å². The molecule has 13 nitrogen and oxygen atoms in total. The molecule has 0 unspecified atom stereocenters. The molecule has 1 aromatic heterocycles. The number of hydrogen-bond donors (Lipinski definition) is 2. The molecule has 0 fully saturated rings. The monoisotopic (exact) mass is 489 g/mol. The summed E-state index contributed by atoms with van der Waals surface area (Å²) in [5, 5.41) is 29.5. The highest BCUT2D eigenvalue weighted by Crippen LogP contribution is 2.13. The fourth-order valence-electron chi connectivity index (χ4n) is 2.82. The Labute approximate surface area is 203 Å². The fraction of sp³-hybridized carbons (Fsp3) is 0.0870. The zero-order valence-electron chi connectivity index (χ0n) is 19.0. The van der Waals surface area contributed by atoms with E-state index in [0.29, 0.717) is 22.8 Å². The molecular formula is C23H19N7O6. The number of carbonyl (C=O) groups is 2. The van der Waals surface area contributed by atoms with Crippen LogP contribution in [-0.4, -0.2) is 38.1 Å². The van der Waals surface area contributed by atoms with Crippen LogP contribution in [0.5, 0.6) is 0 Å². The predicted octanol–water partition coefficient (Wildman–Crippen LogP) is 3.21. The number of aromatic nitrogens is 1. The van der Waals surface area contributed by atoms with Crippen LogP contribution in [0, 0.1) is 20.2 Å². The summed E-state index contributed by atoms with van der Waals surface area (Å²) in [6, 6.07) is 15.2. The van der Waals surface area contributed by atoms with Crippen molar-refractivity contribution in [3.05, 3.63) is 109 Å². The number of hydrogen-bond acceptors (Lipinski definition) is 9. The molecular weight excluding hydrogens is 470 g/mol. The van der Waals surface area contributed by atoms with E-state index in [4.69, 9.17) is 0 Å². The zero-order valence-corrected chi connectivity index (χ0v) is 19.0. The van der Waals surface area contributed by atoms with E-state index in [2.05, 4.69) is 26.0 Å². The number of benzene rings is 2. The summed E-state index contributed by atoms with van der Waals surface area (Å²) >= 11 is 0.